The summed E-state index contributed by atoms with van der Waals surface area (Å²) in [5.41, 5.74) is 5.56. The normalized spacial score (nSPS) is 21.2. The SMILES string of the molecule is CC1(C)CCC(C)(C)c2cc(-c3cc(C4CCN(CCCCCO)CC4)on3)ccc21. The molecule has 0 unspecified atom stereocenters. The van der Waals surface area contributed by atoms with Crippen LogP contribution in [0.4, 0.5) is 0 Å². The van der Waals surface area contributed by atoms with Gasteiger partial charge in [-0.15, -0.1) is 0 Å². The van der Waals surface area contributed by atoms with E-state index in [1.54, 1.807) is 0 Å². The van der Waals surface area contributed by atoms with E-state index >= 15 is 0 Å². The van der Waals surface area contributed by atoms with E-state index in [1.807, 2.05) is 0 Å². The van der Waals surface area contributed by atoms with Crippen molar-refractivity contribution in [3.63, 3.8) is 0 Å². The highest BCUT2D eigenvalue weighted by atomic mass is 16.5. The largest absolute Gasteiger partial charge is 0.396 e. The molecule has 1 aliphatic carbocycles. The van der Waals surface area contributed by atoms with Crippen LogP contribution >= 0.6 is 0 Å². The van der Waals surface area contributed by atoms with Crippen LogP contribution in [-0.2, 0) is 10.8 Å². The van der Waals surface area contributed by atoms with Gasteiger partial charge in [-0.2, -0.15) is 0 Å². The Hall–Kier alpha value is -1.65. The maximum absolute atomic E-state index is 8.93. The molecular formula is C27H40N2O2. The minimum Gasteiger partial charge on any atom is -0.396 e. The predicted octanol–water partition coefficient (Wildman–Crippen LogP) is 6.03. The van der Waals surface area contributed by atoms with Gasteiger partial charge in [0.05, 0.1) is 0 Å². The summed E-state index contributed by atoms with van der Waals surface area (Å²) >= 11 is 0. The summed E-state index contributed by atoms with van der Waals surface area (Å²) in [5.74, 6) is 1.52. The Balaban J connectivity index is 1.43. The molecule has 1 N–H and O–H groups in total. The number of rotatable bonds is 7. The summed E-state index contributed by atoms with van der Waals surface area (Å²) in [6.07, 6.45) is 7.97. The number of likely N-dealkylation sites (tertiary alicyclic amines) is 1. The Morgan fingerprint density at radius 2 is 1.68 bits per heavy atom. The van der Waals surface area contributed by atoms with Crippen LogP contribution in [0.1, 0.15) is 95.4 Å². The molecule has 2 aromatic rings. The van der Waals surface area contributed by atoms with E-state index in [1.165, 1.54) is 36.0 Å². The molecule has 2 aliphatic rings. The van der Waals surface area contributed by atoms with Crippen LogP contribution in [0.15, 0.2) is 28.8 Å². The van der Waals surface area contributed by atoms with Gasteiger partial charge in [0.1, 0.15) is 11.5 Å². The van der Waals surface area contributed by atoms with Crippen molar-refractivity contribution >= 4 is 0 Å². The monoisotopic (exact) mass is 424 g/mol. The van der Waals surface area contributed by atoms with E-state index in [0.29, 0.717) is 12.5 Å². The highest BCUT2D eigenvalue weighted by Gasteiger charge is 2.37. The molecule has 4 heteroatoms. The number of hydrogen-bond donors (Lipinski definition) is 1. The third-order valence-corrected chi connectivity index (χ3v) is 7.80. The second kappa shape index (κ2) is 9.07. The zero-order valence-corrected chi connectivity index (χ0v) is 19.9. The number of nitrogens with zero attached hydrogens (tertiary/aromatic N) is 2. The number of aliphatic hydroxyl groups is 1. The lowest BCUT2D eigenvalue weighted by atomic mass is 9.63. The molecule has 1 aromatic heterocycles. The van der Waals surface area contributed by atoms with Crippen LogP contribution in [0.2, 0.25) is 0 Å². The van der Waals surface area contributed by atoms with Crippen LogP contribution in [0.25, 0.3) is 11.3 Å². The molecule has 4 nitrogen and oxygen atoms in total. The molecule has 0 radical (unpaired) electrons. The number of fused-ring (bicyclic) bond motifs is 1. The van der Waals surface area contributed by atoms with Crippen LogP contribution in [0.3, 0.4) is 0 Å². The number of aliphatic hydroxyl groups excluding tert-OH is 1. The average Bonchev–Trinajstić information content (AvgIpc) is 3.25. The Kier molecular flexibility index (Phi) is 6.60. The van der Waals surface area contributed by atoms with Gasteiger partial charge in [-0.25, -0.2) is 0 Å². The van der Waals surface area contributed by atoms with Crippen molar-refractivity contribution in [3.05, 3.63) is 41.2 Å². The lowest BCUT2D eigenvalue weighted by Crippen LogP contribution is -2.33. The zero-order valence-electron chi connectivity index (χ0n) is 19.9. The number of hydrogen-bond acceptors (Lipinski definition) is 4. The second-order valence-corrected chi connectivity index (χ2v) is 11.0. The molecule has 0 bridgehead atoms. The fourth-order valence-electron chi connectivity index (χ4n) is 5.43. The molecule has 0 amide bonds. The van der Waals surface area contributed by atoms with Crippen LogP contribution < -0.4 is 0 Å². The van der Waals surface area contributed by atoms with E-state index in [-0.39, 0.29) is 10.8 Å². The van der Waals surface area contributed by atoms with Crippen LogP contribution in [-0.4, -0.2) is 41.4 Å². The molecule has 2 heterocycles. The minimum atomic E-state index is 0.206. The molecule has 0 spiro atoms. The first-order chi connectivity index (χ1) is 14.8. The molecule has 1 fully saturated rings. The first kappa shape index (κ1) is 22.5. The van der Waals surface area contributed by atoms with Crippen molar-refractivity contribution in [2.24, 2.45) is 0 Å². The van der Waals surface area contributed by atoms with E-state index in [4.69, 9.17) is 9.63 Å². The Morgan fingerprint density at radius 3 is 2.39 bits per heavy atom. The molecule has 31 heavy (non-hydrogen) atoms. The van der Waals surface area contributed by atoms with E-state index < -0.39 is 0 Å². The lowest BCUT2D eigenvalue weighted by molar-refractivity contribution is 0.191. The van der Waals surface area contributed by atoms with E-state index in [0.717, 1.165) is 56.8 Å². The van der Waals surface area contributed by atoms with Crippen molar-refractivity contribution in [3.8, 4) is 11.3 Å². The Labute approximate surface area is 188 Å². The average molecular weight is 425 g/mol. The first-order valence-corrected chi connectivity index (χ1v) is 12.3. The molecule has 1 saturated heterocycles. The Bertz CT molecular complexity index is 875. The predicted molar refractivity (Wildman–Crippen MR) is 127 cm³/mol. The van der Waals surface area contributed by atoms with Crippen LogP contribution in [0, 0.1) is 0 Å². The highest BCUT2D eigenvalue weighted by Crippen LogP contribution is 2.46. The summed E-state index contributed by atoms with van der Waals surface area (Å²) in [5, 5.41) is 13.4. The zero-order chi connectivity index (χ0) is 22.1. The van der Waals surface area contributed by atoms with E-state index in [9.17, 15) is 0 Å². The van der Waals surface area contributed by atoms with Crippen molar-refractivity contribution in [2.45, 2.75) is 89.4 Å². The molecule has 1 aromatic carbocycles. The summed E-state index contributed by atoms with van der Waals surface area (Å²) in [7, 11) is 0. The standard InChI is InChI=1S/C27H40N2O2/c1-26(2)12-13-27(3,4)23-18-21(8-9-22(23)26)24-19-25(31-28-24)20-10-15-29(16-11-20)14-6-5-7-17-30/h8-9,18-20,30H,5-7,10-17H2,1-4H3. The van der Waals surface area contributed by atoms with E-state index in [2.05, 4.69) is 62.0 Å². The minimum absolute atomic E-state index is 0.206. The summed E-state index contributed by atoms with van der Waals surface area (Å²) in [6, 6.07) is 9.12. The van der Waals surface area contributed by atoms with Gasteiger partial charge in [-0.1, -0.05) is 45.0 Å². The summed E-state index contributed by atoms with van der Waals surface area (Å²) in [4.78, 5) is 2.55. The van der Waals surface area contributed by atoms with Crippen molar-refractivity contribution in [1.82, 2.24) is 10.1 Å². The highest BCUT2D eigenvalue weighted by molar-refractivity contribution is 5.63. The molecule has 1 aliphatic heterocycles. The third-order valence-electron chi connectivity index (χ3n) is 7.80. The first-order valence-electron chi connectivity index (χ1n) is 12.3. The molecular weight excluding hydrogens is 384 g/mol. The number of piperidine rings is 1. The molecule has 4 rings (SSSR count). The van der Waals surface area contributed by atoms with Gasteiger partial charge in [0.2, 0.25) is 0 Å². The van der Waals surface area contributed by atoms with Crippen molar-refractivity contribution in [2.75, 3.05) is 26.2 Å². The van der Waals surface area contributed by atoms with Crippen LogP contribution in [0.5, 0.6) is 0 Å². The van der Waals surface area contributed by atoms with Crippen molar-refractivity contribution in [1.29, 1.82) is 0 Å². The molecule has 0 saturated carbocycles. The maximum atomic E-state index is 8.93. The lowest BCUT2D eigenvalue weighted by Gasteiger charge is -2.42. The van der Waals surface area contributed by atoms with Gasteiger partial charge >= 0.3 is 0 Å². The fourth-order valence-corrected chi connectivity index (χ4v) is 5.43. The topological polar surface area (TPSA) is 49.5 Å². The van der Waals surface area contributed by atoms with Gasteiger partial charge in [0, 0.05) is 24.2 Å². The summed E-state index contributed by atoms with van der Waals surface area (Å²) in [6.45, 7) is 13.2. The number of unbranched alkanes of at least 4 members (excludes halogenated alkanes) is 2. The quantitative estimate of drug-likeness (QED) is 0.551. The maximum Gasteiger partial charge on any atom is 0.140 e. The number of benzene rings is 1. The van der Waals surface area contributed by atoms with Gasteiger partial charge in [0.15, 0.2) is 0 Å². The second-order valence-electron chi connectivity index (χ2n) is 11.0. The van der Waals surface area contributed by atoms with Gasteiger partial charge in [-0.05, 0) is 92.6 Å². The van der Waals surface area contributed by atoms with Gasteiger partial charge in [0.25, 0.3) is 0 Å². The molecule has 170 valence electrons. The van der Waals surface area contributed by atoms with Gasteiger partial charge in [-0.3, -0.25) is 0 Å². The van der Waals surface area contributed by atoms with Gasteiger partial charge < -0.3 is 14.5 Å². The summed E-state index contributed by atoms with van der Waals surface area (Å²) < 4.78 is 5.85. The molecule has 0 atom stereocenters. The smallest absolute Gasteiger partial charge is 0.140 e. The fraction of sp³-hybridized carbons (Fsp3) is 0.667. The Morgan fingerprint density at radius 1 is 0.968 bits per heavy atom. The van der Waals surface area contributed by atoms with Crippen molar-refractivity contribution < 1.29 is 9.63 Å². The third kappa shape index (κ3) is 4.90. The number of aromatic nitrogens is 1.